The van der Waals surface area contributed by atoms with Gasteiger partial charge in [0.1, 0.15) is 11.5 Å². The summed E-state index contributed by atoms with van der Waals surface area (Å²) in [6.07, 6.45) is -2.89. The number of fused-ring (bicyclic) bond motifs is 1. The summed E-state index contributed by atoms with van der Waals surface area (Å²) in [5.41, 5.74) is 2.25. The highest BCUT2D eigenvalue weighted by Crippen LogP contribution is 2.32. The van der Waals surface area contributed by atoms with Gasteiger partial charge in [-0.15, -0.1) is 13.2 Å². The van der Waals surface area contributed by atoms with E-state index in [2.05, 4.69) is 4.74 Å². The number of halogens is 3. The van der Waals surface area contributed by atoms with Crippen molar-refractivity contribution >= 4 is 12.0 Å². The molecule has 0 radical (unpaired) electrons. The fraction of sp³-hybridized carbons (Fsp3) is 0.167. The minimum absolute atomic E-state index is 0.241. The van der Waals surface area contributed by atoms with Gasteiger partial charge in [0.25, 0.3) is 0 Å². The molecule has 130 valence electrons. The van der Waals surface area contributed by atoms with Gasteiger partial charge in [0, 0.05) is 17.6 Å². The molecule has 0 aliphatic carbocycles. The van der Waals surface area contributed by atoms with Crippen LogP contribution in [0.25, 0.3) is 17.2 Å². The van der Waals surface area contributed by atoms with Gasteiger partial charge < -0.3 is 14.6 Å². The van der Waals surface area contributed by atoms with E-state index < -0.39 is 12.3 Å². The Balaban J connectivity index is 1.91. The minimum Gasteiger partial charge on any atom is -0.493 e. The van der Waals surface area contributed by atoms with Crippen LogP contribution in [-0.4, -0.2) is 24.0 Å². The molecule has 1 aliphatic heterocycles. The van der Waals surface area contributed by atoms with Crippen molar-refractivity contribution < 1.29 is 32.5 Å². The Morgan fingerprint density at radius 3 is 2.40 bits per heavy atom. The summed E-state index contributed by atoms with van der Waals surface area (Å²) >= 11 is 0. The Hall–Kier alpha value is -2.96. The van der Waals surface area contributed by atoms with Gasteiger partial charge in [-0.25, -0.2) is 4.79 Å². The van der Waals surface area contributed by atoms with Crippen molar-refractivity contribution in [1.29, 1.82) is 0 Å². The highest BCUT2D eigenvalue weighted by atomic mass is 19.4. The first-order chi connectivity index (χ1) is 11.8. The maximum absolute atomic E-state index is 12.2. The molecular weight excluding hydrogens is 337 g/mol. The molecule has 2 aromatic carbocycles. The van der Waals surface area contributed by atoms with Crippen LogP contribution >= 0.6 is 0 Å². The zero-order valence-electron chi connectivity index (χ0n) is 12.8. The minimum atomic E-state index is -4.74. The number of carboxylic acids is 1. The van der Waals surface area contributed by atoms with Crippen LogP contribution in [0.4, 0.5) is 13.2 Å². The summed E-state index contributed by atoms with van der Waals surface area (Å²) in [5.74, 6) is -0.741. The lowest BCUT2D eigenvalue weighted by Crippen LogP contribution is -2.16. The molecular formula is C18H13F3O4. The summed E-state index contributed by atoms with van der Waals surface area (Å²) in [7, 11) is 0. The second-order valence-corrected chi connectivity index (χ2v) is 5.40. The number of carboxylic acid groups (broad SMARTS) is 1. The van der Waals surface area contributed by atoms with Gasteiger partial charge in [-0.05, 0) is 41.5 Å². The zero-order chi connectivity index (χ0) is 18.0. The van der Waals surface area contributed by atoms with Crippen molar-refractivity contribution in [3.8, 4) is 22.6 Å². The fourth-order valence-corrected chi connectivity index (χ4v) is 2.52. The molecule has 0 unspecified atom stereocenters. The lowest BCUT2D eigenvalue weighted by molar-refractivity contribution is -0.274. The lowest BCUT2D eigenvalue weighted by Gasteiger charge is -2.11. The second kappa shape index (κ2) is 6.51. The predicted molar refractivity (Wildman–Crippen MR) is 84.3 cm³/mol. The monoisotopic (exact) mass is 350 g/mol. The van der Waals surface area contributed by atoms with Crippen molar-refractivity contribution in [1.82, 2.24) is 0 Å². The van der Waals surface area contributed by atoms with E-state index in [0.717, 1.165) is 5.56 Å². The summed E-state index contributed by atoms with van der Waals surface area (Å²) in [6.45, 7) is 0.272. The molecule has 1 aliphatic rings. The molecule has 2 aromatic rings. The van der Waals surface area contributed by atoms with Crippen LogP contribution in [0.2, 0.25) is 0 Å². The molecule has 0 spiro atoms. The third-order valence-electron chi connectivity index (χ3n) is 3.66. The average molecular weight is 350 g/mol. The van der Waals surface area contributed by atoms with Crippen molar-refractivity contribution in [2.24, 2.45) is 0 Å². The number of benzene rings is 2. The second-order valence-electron chi connectivity index (χ2n) is 5.40. The quantitative estimate of drug-likeness (QED) is 0.885. The van der Waals surface area contributed by atoms with Crippen LogP contribution in [0.15, 0.2) is 48.0 Å². The van der Waals surface area contributed by atoms with Crippen LogP contribution in [0.3, 0.4) is 0 Å². The van der Waals surface area contributed by atoms with Crippen LogP contribution in [0.1, 0.15) is 12.0 Å². The first-order valence-electron chi connectivity index (χ1n) is 7.39. The summed E-state index contributed by atoms with van der Waals surface area (Å²) in [5, 5.41) is 9.17. The summed E-state index contributed by atoms with van der Waals surface area (Å²) < 4.78 is 46.0. The van der Waals surface area contributed by atoms with Gasteiger partial charge in [-0.2, -0.15) is 0 Å². The maximum Gasteiger partial charge on any atom is 0.573 e. The number of aliphatic carboxylic acids is 1. The standard InChI is InChI=1S/C18H13F3O4/c19-18(20,21)25-15-4-1-11(2-5-15)12-3-6-16-14(9-12)10-13(17(22)23)7-8-24-16/h1-6,9-10H,7-8H2,(H,22,23). The van der Waals surface area contributed by atoms with Crippen molar-refractivity contribution in [2.75, 3.05) is 6.61 Å². The first kappa shape index (κ1) is 16.9. The molecule has 7 heteroatoms. The van der Waals surface area contributed by atoms with Crippen molar-refractivity contribution in [3.05, 3.63) is 53.6 Å². The van der Waals surface area contributed by atoms with Crippen LogP contribution in [0, 0.1) is 0 Å². The number of alkyl halides is 3. The Bertz CT molecular complexity index is 823. The predicted octanol–water partition coefficient (Wildman–Crippen LogP) is 4.50. The Labute approximate surface area is 141 Å². The smallest absolute Gasteiger partial charge is 0.493 e. The van der Waals surface area contributed by atoms with E-state index in [4.69, 9.17) is 9.84 Å². The fourth-order valence-electron chi connectivity index (χ4n) is 2.52. The molecule has 0 atom stereocenters. The van der Waals surface area contributed by atoms with E-state index in [1.54, 1.807) is 24.3 Å². The van der Waals surface area contributed by atoms with E-state index in [9.17, 15) is 18.0 Å². The molecule has 0 aromatic heterocycles. The molecule has 0 bridgehead atoms. The summed E-state index contributed by atoms with van der Waals surface area (Å²) in [6, 6.07) is 10.7. The molecule has 0 saturated carbocycles. The van der Waals surface area contributed by atoms with Crippen LogP contribution in [0.5, 0.6) is 11.5 Å². The number of rotatable bonds is 3. The number of ether oxygens (including phenoxy) is 2. The molecule has 1 N–H and O–H groups in total. The van der Waals surface area contributed by atoms with Gasteiger partial charge in [0.15, 0.2) is 0 Å². The van der Waals surface area contributed by atoms with E-state index >= 15 is 0 Å². The van der Waals surface area contributed by atoms with Gasteiger partial charge in [0.2, 0.25) is 0 Å². The number of hydrogen-bond donors (Lipinski definition) is 1. The lowest BCUT2D eigenvalue weighted by atomic mass is 10.0. The third-order valence-corrected chi connectivity index (χ3v) is 3.66. The van der Waals surface area contributed by atoms with Crippen molar-refractivity contribution in [3.63, 3.8) is 0 Å². The normalized spacial score (nSPS) is 14.0. The highest BCUT2D eigenvalue weighted by Gasteiger charge is 2.31. The zero-order valence-corrected chi connectivity index (χ0v) is 12.8. The maximum atomic E-state index is 12.2. The Morgan fingerprint density at radius 1 is 1.08 bits per heavy atom. The third kappa shape index (κ3) is 4.12. The Kier molecular flexibility index (Phi) is 4.39. The van der Waals surface area contributed by atoms with Crippen molar-refractivity contribution in [2.45, 2.75) is 12.8 Å². The van der Waals surface area contributed by atoms with Gasteiger partial charge in [0.05, 0.1) is 6.61 Å². The first-order valence-corrected chi connectivity index (χ1v) is 7.39. The van der Waals surface area contributed by atoms with Gasteiger partial charge >= 0.3 is 12.3 Å². The van der Waals surface area contributed by atoms with Crippen LogP contribution in [-0.2, 0) is 4.79 Å². The SMILES string of the molecule is O=C(O)C1=Cc2cc(-c3ccc(OC(F)(F)F)cc3)ccc2OCC1. The highest BCUT2D eigenvalue weighted by molar-refractivity contribution is 5.93. The van der Waals surface area contributed by atoms with E-state index in [-0.39, 0.29) is 17.9 Å². The van der Waals surface area contributed by atoms with Gasteiger partial charge in [-0.1, -0.05) is 18.2 Å². The average Bonchev–Trinajstić information content (AvgIpc) is 2.75. The molecule has 25 heavy (non-hydrogen) atoms. The van der Waals surface area contributed by atoms with E-state index in [1.807, 2.05) is 0 Å². The van der Waals surface area contributed by atoms with E-state index in [1.165, 1.54) is 24.3 Å². The molecule has 0 fully saturated rings. The van der Waals surface area contributed by atoms with Gasteiger partial charge in [-0.3, -0.25) is 0 Å². The van der Waals surface area contributed by atoms with E-state index in [0.29, 0.717) is 23.3 Å². The molecule has 3 rings (SSSR count). The molecule has 0 saturated heterocycles. The molecule has 1 heterocycles. The topological polar surface area (TPSA) is 55.8 Å². The largest absolute Gasteiger partial charge is 0.573 e. The van der Waals surface area contributed by atoms with Crippen LogP contribution < -0.4 is 9.47 Å². The number of carbonyl (C=O) groups is 1. The molecule has 4 nitrogen and oxygen atoms in total. The Morgan fingerprint density at radius 2 is 1.76 bits per heavy atom. The number of hydrogen-bond acceptors (Lipinski definition) is 3. The summed E-state index contributed by atoms with van der Waals surface area (Å²) in [4.78, 5) is 11.2. The molecule has 0 amide bonds.